The molecular formula is C11H13N3O. The summed E-state index contributed by atoms with van der Waals surface area (Å²) in [6.07, 6.45) is 1.82. The molecule has 0 saturated heterocycles. The first-order chi connectivity index (χ1) is 7.16. The molecule has 2 heterocycles. The Morgan fingerprint density at radius 2 is 2.27 bits per heavy atom. The average Bonchev–Trinajstić information content (AvgIpc) is 2.59. The second-order valence-electron chi connectivity index (χ2n) is 3.73. The van der Waals surface area contributed by atoms with Gasteiger partial charge in [0, 0.05) is 12.2 Å². The van der Waals surface area contributed by atoms with Gasteiger partial charge in [0.1, 0.15) is 0 Å². The van der Waals surface area contributed by atoms with Crippen molar-refractivity contribution in [3.63, 3.8) is 0 Å². The van der Waals surface area contributed by atoms with Crippen molar-refractivity contribution in [1.29, 1.82) is 0 Å². The van der Waals surface area contributed by atoms with E-state index in [0.29, 0.717) is 5.69 Å². The van der Waals surface area contributed by atoms with Gasteiger partial charge in [-0.15, -0.1) is 0 Å². The molecule has 0 atom stereocenters. The van der Waals surface area contributed by atoms with Crippen LogP contribution in [0.3, 0.4) is 0 Å². The van der Waals surface area contributed by atoms with Crippen LogP contribution in [0.15, 0.2) is 30.5 Å². The van der Waals surface area contributed by atoms with Crippen LogP contribution < -0.4 is 5.32 Å². The van der Waals surface area contributed by atoms with Crippen LogP contribution in [0.2, 0.25) is 0 Å². The van der Waals surface area contributed by atoms with Gasteiger partial charge in [-0.1, -0.05) is 6.07 Å². The number of rotatable bonds is 2. The predicted octanol–water partition coefficient (Wildman–Crippen LogP) is 1.47. The Morgan fingerprint density at radius 3 is 2.93 bits per heavy atom. The number of fused-ring (bicyclic) bond motifs is 1. The summed E-state index contributed by atoms with van der Waals surface area (Å²) in [5, 5.41) is 6.98. The molecule has 0 bridgehead atoms. The maximum Gasteiger partial charge on any atom is 0.272 e. The topological polar surface area (TPSA) is 46.4 Å². The second-order valence-corrected chi connectivity index (χ2v) is 3.73. The standard InChI is InChI=1S/C11H13N3O/c1-8(2)12-11(15)10-7-9-5-3-4-6-14(9)13-10/h3-8H,1-2H3,(H,12,15). The lowest BCUT2D eigenvalue weighted by Gasteiger charge is -2.04. The molecule has 0 spiro atoms. The van der Waals surface area contributed by atoms with E-state index >= 15 is 0 Å². The number of nitrogens with one attached hydrogen (secondary N) is 1. The normalized spacial score (nSPS) is 10.9. The van der Waals surface area contributed by atoms with Crippen molar-refractivity contribution in [2.45, 2.75) is 19.9 Å². The van der Waals surface area contributed by atoms with E-state index < -0.39 is 0 Å². The van der Waals surface area contributed by atoms with Crippen molar-refractivity contribution in [3.8, 4) is 0 Å². The Bertz CT molecular complexity index is 454. The third-order valence-electron chi connectivity index (χ3n) is 2.02. The van der Waals surface area contributed by atoms with E-state index in [2.05, 4.69) is 10.4 Å². The number of carbonyl (C=O) groups is 1. The average molecular weight is 203 g/mol. The van der Waals surface area contributed by atoms with Crippen LogP contribution in [0.1, 0.15) is 24.3 Å². The highest BCUT2D eigenvalue weighted by molar-refractivity contribution is 5.93. The smallest absolute Gasteiger partial charge is 0.272 e. The second kappa shape index (κ2) is 3.73. The minimum absolute atomic E-state index is 0.127. The van der Waals surface area contributed by atoms with Gasteiger partial charge in [0.15, 0.2) is 5.69 Å². The number of amides is 1. The molecule has 2 aromatic rings. The molecule has 0 aliphatic rings. The molecule has 1 N–H and O–H groups in total. The van der Waals surface area contributed by atoms with Gasteiger partial charge < -0.3 is 5.32 Å². The first kappa shape index (κ1) is 9.71. The minimum Gasteiger partial charge on any atom is -0.348 e. The van der Waals surface area contributed by atoms with Crippen molar-refractivity contribution in [1.82, 2.24) is 14.9 Å². The third kappa shape index (κ3) is 1.98. The molecule has 1 amide bonds. The predicted molar refractivity (Wildman–Crippen MR) is 57.8 cm³/mol. The van der Waals surface area contributed by atoms with Gasteiger partial charge in [-0.2, -0.15) is 5.10 Å². The fraction of sp³-hybridized carbons (Fsp3) is 0.273. The summed E-state index contributed by atoms with van der Waals surface area (Å²) in [7, 11) is 0. The SMILES string of the molecule is CC(C)NC(=O)c1cc2ccccn2n1. The minimum atomic E-state index is -0.131. The maximum atomic E-state index is 11.6. The zero-order chi connectivity index (χ0) is 10.8. The third-order valence-corrected chi connectivity index (χ3v) is 2.02. The summed E-state index contributed by atoms with van der Waals surface area (Å²) >= 11 is 0. The summed E-state index contributed by atoms with van der Waals surface area (Å²) < 4.78 is 1.69. The first-order valence-corrected chi connectivity index (χ1v) is 4.92. The number of carbonyl (C=O) groups excluding carboxylic acids is 1. The highest BCUT2D eigenvalue weighted by atomic mass is 16.2. The largest absolute Gasteiger partial charge is 0.348 e. The lowest BCUT2D eigenvalue weighted by atomic mass is 10.3. The van der Waals surface area contributed by atoms with Crippen molar-refractivity contribution >= 4 is 11.4 Å². The fourth-order valence-electron chi connectivity index (χ4n) is 1.39. The first-order valence-electron chi connectivity index (χ1n) is 4.92. The van der Waals surface area contributed by atoms with E-state index in [9.17, 15) is 4.79 Å². The van der Waals surface area contributed by atoms with E-state index in [0.717, 1.165) is 5.52 Å². The van der Waals surface area contributed by atoms with Crippen LogP contribution in [-0.4, -0.2) is 21.6 Å². The Hall–Kier alpha value is -1.84. The zero-order valence-electron chi connectivity index (χ0n) is 8.77. The van der Waals surface area contributed by atoms with Crippen LogP contribution in [0, 0.1) is 0 Å². The zero-order valence-corrected chi connectivity index (χ0v) is 8.77. The molecule has 0 aliphatic heterocycles. The van der Waals surface area contributed by atoms with Crippen LogP contribution >= 0.6 is 0 Å². The van der Waals surface area contributed by atoms with E-state index in [1.54, 1.807) is 10.6 Å². The van der Waals surface area contributed by atoms with Gasteiger partial charge in [-0.05, 0) is 32.0 Å². The molecule has 0 aromatic carbocycles. The Kier molecular flexibility index (Phi) is 2.41. The molecule has 78 valence electrons. The molecule has 0 unspecified atom stereocenters. The number of hydrogen-bond acceptors (Lipinski definition) is 2. The lowest BCUT2D eigenvalue weighted by molar-refractivity contribution is 0.0938. The summed E-state index contributed by atoms with van der Waals surface area (Å²) in [6.45, 7) is 3.85. The Balaban J connectivity index is 2.32. The summed E-state index contributed by atoms with van der Waals surface area (Å²) in [4.78, 5) is 11.6. The van der Waals surface area contributed by atoms with Gasteiger partial charge in [0.05, 0.1) is 5.52 Å². The summed E-state index contributed by atoms with van der Waals surface area (Å²) in [5.41, 5.74) is 1.38. The monoisotopic (exact) mass is 203 g/mol. The number of hydrogen-bond donors (Lipinski definition) is 1. The van der Waals surface area contributed by atoms with Gasteiger partial charge in [-0.25, -0.2) is 4.52 Å². The maximum absolute atomic E-state index is 11.6. The fourth-order valence-corrected chi connectivity index (χ4v) is 1.39. The Labute approximate surface area is 87.9 Å². The highest BCUT2D eigenvalue weighted by Gasteiger charge is 2.10. The molecule has 0 aliphatic carbocycles. The number of aromatic nitrogens is 2. The van der Waals surface area contributed by atoms with Gasteiger partial charge >= 0.3 is 0 Å². The molecule has 15 heavy (non-hydrogen) atoms. The van der Waals surface area contributed by atoms with E-state index in [1.165, 1.54) is 0 Å². The molecule has 4 nitrogen and oxygen atoms in total. The van der Waals surface area contributed by atoms with E-state index in [4.69, 9.17) is 0 Å². The molecule has 4 heteroatoms. The van der Waals surface area contributed by atoms with E-state index in [-0.39, 0.29) is 11.9 Å². The Morgan fingerprint density at radius 1 is 1.47 bits per heavy atom. The molecule has 2 aromatic heterocycles. The summed E-state index contributed by atoms with van der Waals surface area (Å²) in [5.74, 6) is -0.131. The van der Waals surface area contributed by atoms with E-state index in [1.807, 2.05) is 38.2 Å². The molecule has 0 fully saturated rings. The summed E-state index contributed by atoms with van der Waals surface area (Å²) in [6, 6.07) is 7.62. The van der Waals surface area contributed by atoms with Gasteiger partial charge in [0.25, 0.3) is 5.91 Å². The van der Waals surface area contributed by atoms with Crippen LogP contribution in [0.5, 0.6) is 0 Å². The molecule has 2 rings (SSSR count). The van der Waals surface area contributed by atoms with Gasteiger partial charge in [-0.3, -0.25) is 4.79 Å². The van der Waals surface area contributed by atoms with Gasteiger partial charge in [0.2, 0.25) is 0 Å². The van der Waals surface area contributed by atoms with Crippen LogP contribution in [-0.2, 0) is 0 Å². The van der Waals surface area contributed by atoms with Crippen molar-refractivity contribution in [2.75, 3.05) is 0 Å². The van der Waals surface area contributed by atoms with Crippen LogP contribution in [0.4, 0.5) is 0 Å². The van der Waals surface area contributed by atoms with Crippen molar-refractivity contribution in [3.05, 3.63) is 36.2 Å². The lowest BCUT2D eigenvalue weighted by Crippen LogP contribution is -2.30. The quantitative estimate of drug-likeness (QED) is 0.803. The van der Waals surface area contributed by atoms with Crippen molar-refractivity contribution in [2.24, 2.45) is 0 Å². The molecule has 0 saturated carbocycles. The molecule has 0 radical (unpaired) electrons. The number of nitrogens with zero attached hydrogens (tertiary/aromatic N) is 2. The highest BCUT2D eigenvalue weighted by Crippen LogP contribution is 2.05. The van der Waals surface area contributed by atoms with Crippen LogP contribution in [0.25, 0.3) is 5.52 Å². The molecular weight excluding hydrogens is 190 g/mol. The number of pyridine rings is 1. The van der Waals surface area contributed by atoms with Crippen molar-refractivity contribution < 1.29 is 4.79 Å².